The Morgan fingerprint density at radius 1 is 1.60 bits per heavy atom. The van der Waals surface area contributed by atoms with Crippen LogP contribution in [0, 0.1) is 9.71 Å². The van der Waals surface area contributed by atoms with Crippen molar-refractivity contribution in [3.63, 3.8) is 0 Å². The molecule has 5 heteroatoms. The van der Waals surface area contributed by atoms with Gasteiger partial charge in [0.25, 0.3) is 0 Å². The van der Waals surface area contributed by atoms with Crippen molar-refractivity contribution in [3.8, 4) is 0 Å². The molecule has 0 aliphatic heterocycles. The third-order valence-electron chi connectivity index (χ3n) is 0. The third kappa shape index (κ3) is 56700. The predicted octanol–water partition coefficient (Wildman–Crippen LogP) is -1.24. The summed E-state index contributed by atoms with van der Waals surface area (Å²) in [5.41, 5.74) is 0. The van der Waals surface area contributed by atoms with E-state index in [4.69, 9.17) is 10.2 Å². The molecule has 5 heavy (non-hydrogen) atoms. The zero-order chi connectivity index (χ0) is 2.71. The molecule has 0 radical (unpaired) electrons. The molecular formula is O4Zn. The Bertz CT molecular complexity index is 11.1. The Morgan fingerprint density at radius 2 is 1.60 bits per heavy atom. The molecule has 0 rings (SSSR count). The van der Waals surface area contributed by atoms with E-state index in [1.54, 1.807) is 4.75 Å². The molecule has 0 unspecified atom stereocenters. The van der Waals surface area contributed by atoms with Crippen LogP contribution in [0.25, 0.3) is 0 Å². The van der Waals surface area contributed by atoms with Gasteiger partial charge in [0, 0.05) is 0 Å². The van der Waals surface area contributed by atoms with E-state index in [0.717, 1.165) is 0 Å². The van der Waals surface area contributed by atoms with Gasteiger partial charge >= 0.3 is 19.5 Å². The van der Waals surface area contributed by atoms with Gasteiger partial charge in [-0.25, -0.2) is 0 Å². The van der Waals surface area contributed by atoms with Crippen molar-refractivity contribution in [3.05, 3.63) is 9.71 Å². The molecular weight excluding hydrogens is 129 g/mol. The van der Waals surface area contributed by atoms with E-state index in [0.29, 0.717) is 0 Å². The minimum atomic E-state index is 0. The summed E-state index contributed by atoms with van der Waals surface area (Å²) in [5.74, 6) is 0. The van der Waals surface area contributed by atoms with E-state index < -0.39 is 0 Å². The van der Waals surface area contributed by atoms with Gasteiger partial charge in [0.15, 0.2) is 4.75 Å². The first-order chi connectivity index (χ1) is 1.41. The Kier molecular flexibility index (Phi) is 147. The van der Waals surface area contributed by atoms with Crippen molar-refractivity contribution in [2.24, 2.45) is 0 Å². The average molecular weight is 129 g/mol. The summed E-state index contributed by atoms with van der Waals surface area (Å²) in [7, 11) is 0. The van der Waals surface area contributed by atoms with Crippen molar-refractivity contribution in [1.82, 2.24) is 0 Å². The Hall–Kier alpha value is -0.0166. The summed E-state index contributed by atoms with van der Waals surface area (Å²) < 4.78 is 1.75. The van der Waals surface area contributed by atoms with Gasteiger partial charge in [-0.05, 0) is 0 Å². The second kappa shape index (κ2) is 36.7. The fraction of sp³-hybridized carbons (Fsp3) is 0. The van der Waals surface area contributed by atoms with E-state index in [2.05, 4.69) is 0 Å². The van der Waals surface area contributed by atoms with Crippen LogP contribution in [0.4, 0.5) is 0 Å². The van der Waals surface area contributed by atoms with Crippen LogP contribution in [0.2, 0.25) is 0 Å². The molecule has 0 fully saturated rings. The minimum Gasteiger partial charge on any atom is -2.00 e. The Morgan fingerprint density at radius 3 is 1.60 bits per heavy atom. The van der Waals surface area contributed by atoms with Crippen LogP contribution in [0.3, 0.4) is 0 Å². The van der Waals surface area contributed by atoms with Crippen LogP contribution in [0.1, 0.15) is 0 Å². The quantitative estimate of drug-likeness (QED) is 0.177. The van der Waals surface area contributed by atoms with Crippen molar-refractivity contribution >= 4 is 0 Å². The molecule has 0 saturated carbocycles. The van der Waals surface area contributed by atoms with E-state index in [9.17, 15) is 0 Å². The van der Waals surface area contributed by atoms with Crippen molar-refractivity contribution in [2.75, 3.05) is 0 Å². The molecule has 0 amide bonds. The number of hydrogen-bond acceptors (Lipinski definition) is 2. The summed E-state index contributed by atoms with van der Waals surface area (Å²) in [4.78, 5) is 7.88. The number of hydrogen-bond donors (Lipinski definition) is 0. The van der Waals surface area contributed by atoms with Gasteiger partial charge in [-0.1, -0.05) is 10.2 Å². The first-order valence-electron chi connectivity index (χ1n) is 0.333. The topological polar surface area (TPSA) is 79.9 Å². The first kappa shape index (κ1) is 20.1. The molecule has 0 bridgehead atoms. The summed E-state index contributed by atoms with van der Waals surface area (Å²) in [6.45, 7) is 0. The van der Waals surface area contributed by atoms with E-state index >= 15 is 0 Å². The fourth-order valence-electron chi connectivity index (χ4n) is 0. The largest absolute Gasteiger partial charge is 2.00 e. The van der Waals surface area contributed by atoms with Gasteiger partial charge in [0.05, 0.1) is 0 Å². The second-order valence-corrected chi connectivity index (χ2v) is 0.0680. The predicted molar refractivity (Wildman–Crippen MR) is 7.42 cm³/mol. The molecule has 0 heterocycles. The normalized spacial score (nSPS) is 2.40. The molecule has 0 spiro atoms. The summed E-state index contributed by atoms with van der Waals surface area (Å²) in [6, 6.07) is 0. The number of rotatable bonds is 0. The molecule has 0 aliphatic rings. The van der Waals surface area contributed by atoms with E-state index in [1.807, 2.05) is 0 Å². The SMILES string of the molecule is O=[O+][O-].[O-2].[Zn+2]. The molecule has 0 N–H and O–H groups in total. The van der Waals surface area contributed by atoms with Crippen LogP contribution in [0.15, 0.2) is 0 Å². The Balaban J connectivity index is -0.0000000200. The zero-order valence-corrected chi connectivity index (χ0v) is 5.31. The Labute approximate surface area is 40.7 Å². The fourth-order valence-corrected chi connectivity index (χ4v) is 0. The second-order valence-electron chi connectivity index (χ2n) is 0.0680. The van der Waals surface area contributed by atoms with Gasteiger partial charge in [-0.15, -0.1) is 0 Å². The summed E-state index contributed by atoms with van der Waals surface area (Å²) in [6.07, 6.45) is 0. The van der Waals surface area contributed by atoms with E-state index in [1.165, 1.54) is 0 Å². The van der Waals surface area contributed by atoms with Crippen LogP contribution in [-0.4, -0.2) is 0 Å². The van der Waals surface area contributed by atoms with Crippen LogP contribution >= 0.6 is 0 Å². The molecule has 0 aliphatic carbocycles. The van der Waals surface area contributed by atoms with Gasteiger partial charge in [-0.3, -0.25) is 0 Å². The minimum absolute atomic E-state index is 0. The molecule has 26 valence electrons. The zero-order valence-electron chi connectivity index (χ0n) is 2.34. The smallest absolute Gasteiger partial charge is 2.00 e. The molecule has 0 aromatic carbocycles. The molecule has 4 nitrogen and oxygen atoms in total. The van der Waals surface area contributed by atoms with Crippen molar-refractivity contribution in [1.29, 1.82) is 0 Å². The van der Waals surface area contributed by atoms with Gasteiger partial charge in [0.2, 0.25) is 0 Å². The molecule has 0 saturated heterocycles. The molecule has 0 aromatic rings. The van der Waals surface area contributed by atoms with Gasteiger partial charge in [-0.2, -0.15) is 0 Å². The van der Waals surface area contributed by atoms with Crippen molar-refractivity contribution < 1.29 is 30.2 Å². The maximum absolute atomic E-state index is 7.88. The van der Waals surface area contributed by atoms with Gasteiger partial charge < -0.3 is 5.48 Å². The average Bonchev–Trinajstić information content (AvgIpc) is 0.918. The molecule has 0 atom stereocenters. The standard InChI is InChI=1S/O3.O.Zn/c1-3-2;;/q;-2;+2. The maximum atomic E-state index is 7.88. The van der Waals surface area contributed by atoms with Crippen LogP contribution in [0.5, 0.6) is 0 Å². The third-order valence-corrected chi connectivity index (χ3v) is 0. The first-order valence-corrected chi connectivity index (χ1v) is 0.333. The maximum Gasteiger partial charge on any atom is 2.00 e. The summed E-state index contributed by atoms with van der Waals surface area (Å²) >= 11 is 0. The van der Waals surface area contributed by atoms with E-state index in [-0.39, 0.29) is 25.0 Å². The van der Waals surface area contributed by atoms with Gasteiger partial charge in [0.1, 0.15) is 0 Å². The summed E-state index contributed by atoms with van der Waals surface area (Å²) in [5, 5.41) is 7.88. The monoisotopic (exact) mass is 128 g/mol. The van der Waals surface area contributed by atoms with Crippen LogP contribution in [-0.2, 0) is 25.0 Å². The molecule has 0 aromatic heterocycles. The van der Waals surface area contributed by atoms with Crippen LogP contribution < -0.4 is 5.26 Å². The van der Waals surface area contributed by atoms with Crippen molar-refractivity contribution in [2.45, 2.75) is 0 Å².